The third kappa shape index (κ3) is 3.95. The Bertz CT molecular complexity index is 601. The molecular weight excluding hydrogens is 284 g/mol. The van der Waals surface area contributed by atoms with Crippen molar-refractivity contribution in [3.63, 3.8) is 0 Å². The SMILES string of the molecule is C=C(C)[C@@H]1CC[C@@H](C)C[C@H]1OS(=O)(=O)c1ccc(C)cc1. The second-order valence-corrected chi connectivity index (χ2v) is 7.85. The molecule has 4 heteroatoms. The standard InChI is InChI=1S/C17H24O3S/c1-12(2)16-10-7-14(4)11-17(16)20-21(18,19)15-8-5-13(3)6-9-15/h5-6,8-9,14,16-17H,1,7,10-11H2,2-4H3/t14-,16+,17-/m1/s1. The molecule has 0 aromatic heterocycles. The van der Waals surface area contributed by atoms with Gasteiger partial charge in [-0.3, -0.25) is 4.18 Å². The predicted octanol–water partition coefficient (Wildman–Crippen LogP) is 4.08. The van der Waals surface area contributed by atoms with Gasteiger partial charge in [0.05, 0.1) is 11.0 Å². The van der Waals surface area contributed by atoms with Crippen LogP contribution in [-0.4, -0.2) is 14.5 Å². The molecular formula is C17H24O3S. The highest BCUT2D eigenvalue weighted by Crippen LogP contribution is 2.36. The van der Waals surface area contributed by atoms with Gasteiger partial charge in [-0.25, -0.2) is 0 Å². The zero-order valence-corrected chi connectivity index (χ0v) is 13.8. The molecule has 0 spiro atoms. The number of hydrogen-bond acceptors (Lipinski definition) is 3. The summed E-state index contributed by atoms with van der Waals surface area (Å²) in [5.74, 6) is 0.611. The molecule has 0 radical (unpaired) electrons. The second kappa shape index (κ2) is 6.32. The zero-order chi connectivity index (χ0) is 15.6. The Kier molecular flexibility index (Phi) is 4.89. The first-order valence-electron chi connectivity index (χ1n) is 7.45. The van der Waals surface area contributed by atoms with Gasteiger partial charge in [0.15, 0.2) is 0 Å². The summed E-state index contributed by atoms with van der Waals surface area (Å²) in [6, 6.07) is 6.78. The molecule has 1 aliphatic carbocycles. The van der Waals surface area contributed by atoms with E-state index < -0.39 is 10.1 Å². The van der Waals surface area contributed by atoms with Gasteiger partial charge in [0, 0.05) is 5.92 Å². The van der Waals surface area contributed by atoms with Gasteiger partial charge in [-0.15, -0.1) is 0 Å². The quantitative estimate of drug-likeness (QED) is 0.622. The van der Waals surface area contributed by atoms with Gasteiger partial charge in [0.25, 0.3) is 10.1 Å². The molecule has 1 aliphatic rings. The molecule has 116 valence electrons. The molecule has 0 amide bonds. The maximum atomic E-state index is 12.4. The Morgan fingerprint density at radius 3 is 2.43 bits per heavy atom. The van der Waals surface area contributed by atoms with Crippen molar-refractivity contribution in [1.82, 2.24) is 0 Å². The maximum absolute atomic E-state index is 12.4. The van der Waals surface area contributed by atoms with Gasteiger partial charge in [-0.05, 0) is 51.2 Å². The normalized spacial score (nSPS) is 26.5. The van der Waals surface area contributed by atoms with Crippen LogP contribution in [0.1, 0.15) is 38.7 Å². The Labute approximate surface area is 128 Å². The molecule has 3 atom stereocenters. The van der Waals surface area contributed by atoms with Crippen molar-refractivity contribution in [3.05, 3.63) is 42.0 Å². The highest BCUT2D eigenvalue weighted by atomic mass is 32.2. The summed E-state index contributed by atoms with van der Waals surface area (Å²) in [6.07, 6.45) is 2.52. The Balaban J connectivity index is 2.21. The molecule has 2 rings (SSSR count). The Morgan fingerprint density at radius 2 is 1.86 bits per heavy atom. The van der Waals surface area contributed by atoms with Crippen molar-refractivity contribution in [3.8, 4) is 0 Å². The van der Waals surface area contributed by atoms with Crippen molar-refractivity contribution >= 4 is 10.1 Å². The van der Waals surface area contributed by atoms with E-state index in [4.69, 9.17) is 4.18 Å². The lowest BCUT2D eigenvalue weighted by Gasteiger charge is -2.34. The molecule has 0 N–H and O–H groups in total. The minimum atomic E-state index is -3.71. The summed E-state index contributed by atoms with van der Waals surface area (Å²) in [6.45, 7) is 10.0. The number of benzene rings is 1. The first-order chi connectivity index (χ1) is 9.79. The van der Waals surface area contributed by atoms with Gasteiger partial charge in [-0.1, -0.05) is 36.8 Å². The first-order valence-corrected chi connectivity index (χ1v) is 8.86. The van der Waals surface area contributed by atoms with E-state index in [1.165, 1.54) is 0 Å². The van der Waals surface area contributed by atoms with Crippen LogP contribution in [0.15, 0.2) is 41.3 Å². The first kappa shape index (κ1) is 16.2. The molecule has 1 saturated carbocycles. The maximum Gasteiger partial charge on any atom is 0.297 e. The van der Waals surface area contributed by atoms with E-state index in [0.717, 1.165) is 30.4 Å². The van der Waals surface area contributed by atoms with Gasteiger partial charge in [0.2, 0.25) is 0 Å². The third-order valence-electron chi connectivity index (χ3n) is 4.25. The minimum absolute atomic E-state index is 0.126. The van der Waals surface area contributed by atoms with Gasteiger partial charge in [-0.2, -0.15) is 8.42 Å². The second-order valence-electron chi connectivity index (χ2n) is 6.27. The van der Waals surface area contributed by atoms with Crippen LogP contribution in [0.25, 0.3) is 0 Å². The Hall–Kier alpha value is -1.13. The van der Waals surface area contributed by atoms with Crippen molar-refractivity contribution in [2.45, 2.75) is 51.0 Å². The molecule has 0 bridgehead atoms. The van der Waals surface area contributed by atoms with Crippen molar-refractivity contribution in [2.24, 2.45) is 11.8 Å². The van der Waals surface area contributed by atoms with Crippen LogP contribution >= 0.6 is 0 Å². The van der Waals surface area contributed by atoms with E-state index in [0.29, 0.717) is 5.92 Å². The molecule has 0 aliphatic heterocycles. The fourth-order valence-corrected chi connectivity index (χ4v) is 4.04. The van der Waals surface area contributed by atoms with E-state index >= 15 is 0 Å². The number of aryl methyl sites for hydroxylation is 1. The van der Waals surface area contributed by atoms with Gasteiger partial charge < -0.3 is 0 Å². The lowest BCUT2D eigenvalue weighted by molar-refractivity contribution is 0.0934. The van der Waals surface area contributed by atoms with Crippen LogP contribution in [0.5, 0.6) is 0 Å². The summed E-state index contributed by atoms with van der Waals surface area (Å²) in [4.78, 5) is 0.229. The van der Waals surface area contributed by atoms with Crippen LogP contribution in [0.2, 0.25) is 0 Å². The lowest BCUT2D eigenvalue weighted by Crippen LogP contribution is -2.33. The van der Waals surface area contributed by atoms with E-state index in [1.807, 2.05) is 13.8 Å². The summed E-state index contributed by atoms with van der Waals surface area (Å²) >= 11 is 0. The van der Waals surface area contributed by atoms with Gasteiger partial charge in [0.1, 0.15) is 0 Å². The topological polar surface area (TPSA) is 43.4 Å². The van der Waals surface area contributed by atoms with E-state index in [9.17, 15) is 8.42 Å². The monoisotopic (exact) mass is 308 g/mol. The third-order valence-corrected chi connectivity index (χ3v) is 5.60. The summed E-state index contributed by atoms with van der Waals surface area (Å²) in [7, 11) is -3.71. The van der Waals surface area contributed by atoms with Gasteiger partial charge >= 0.3 is 0 Å². The lowest BCUT2D eigenvalue weighted by atomic mass is 9.78. The van der Waals surface area contributed by atoms with Crippen molar-refractivity contribution in [2.75, 3.05) is 0 Å². The molecule has 0 heterocycles. The highest BCUT2D eigenvalue weighted by Gasteiger charge is 2.33. The molecule has 0 unspecified atom stereocenters. The van der Waals surface area contributed by atoms with Crippen molar-refractivity contribution in [1.29, 1.82) is 0 Å². The number of rotatable bonds is 4. The van der Waals surface area contributed by atoms with E-state index in [2.05, 4.69) is 13.5 Å². The van der Waals surface area contributed by atoms with Crippen LogP contribution < -0.4 is 0 Å². The summed E-state index contributed by atoms with van der Waals surface area (Å²) in [5.41, 5.74) is 2.03. The molecule has 1 aromatic rings. The largest absolute Gasteiger partial charge is 0.297 e. The minimum Gasteiger partial charge on any atom is -0.262 e. The van der Waals surface area contributed by atoms with Crippen molar-refractivity contribution < 1.29 is 12.6 Å². The summed E-state index contributed by atoms with van der Waals surface area (Å²) in [5, 5.41) is 0. The Morgan fingerprint density at radius 1 is 1.24 bits per heavy atom. The number of hydrogen-bond donors (Lipinski definition) is 0. The molecule has 3 nitrogen and oxygen atoms in total. The van der Waals surface area contributed by atoms with Crippen LogP contribution in [0, 0.1) is 18.8 Å². The molecule has 0 saturated heterocycles. The fraction of sp³-hybridized carbons (Fsp3) is 0.529. The van der Waals surface area contributed by atoms with Crippen LogP contribution in [-0.2, 0) is 14.3 Å². The molecule has 1 fully saturated rings. The van der Waals surface area contributed by atoms with E-state index in [1.54, 1.807) is 24.3 Å². The average molecular weight is 308 g/mol. The van der Waals surface area contributed by atoms with Crippen LogP contribution in [0.4, 0.5) is 0 Å². The summed E-state index contributed by atoms with van der Waals surface area (Å²) < 4.78 is 30.4. The zero-order valence-electron chi connectivity index (χ0n) is 13.0. The smallest absolute Gasteiger partial charge is 0.262 e. The molecule has 1 aromatic carbocycles. The van der Waals surface area contributed by atoms with E-state index in [-0.39, 0.29) is 16.9 Å². The molecule has 21 heavy (non-hydrogen) atoms. The predicted molar refractivity (Wildman–Crippen MR) is 84.6 cm³/mol. The van der Waals surface area contributed by atoms with Crippen LogP contribution in [0.3, 0.4) is 0 Å². The fourth-order valence-electron chi connectivity index (χ4n) is 2.92. The average Bonchev–Trinajstić information content (AvgIpc) is 2.38. The highest BCUT2D eigenvalue weighted by molar-refractivity contribution is 7.86.